The summed E-state index contributed by atoms with van der Waals surface area (Å²) in [6.45, 7) is 0. The van der Waals surface area contributed by atoms with E-state index < -0.39 is 0 Å². The minimum atomic E-state index is 0.700. The molecule has 7 aromatic rings. The number of hydrogen-bond acceptors (Lipinski definition) is 4. The van der Waals surface area contributed by atoms with Crippen LogP contribution in [0.2, 0.25) is 0 Å². The van der Waals surface area contributed by atoms with Gasteiger partial charge in [-0.1, -0.05) is 36.4 Å². The summed E-state index contributed by atoms with van der Waals surface area (Å²) in [6.07, 6.45) is 0. The zero-order chi connectivity index (χ0) is 21.8. The molecule has 7 heteroatoms. The SMILES string of the molecule is c1ccc2[nH]c(-c3cc(-c4nc5ccccc5[nH]4)nc(-c4nc5ccccc5[nH]4)c3)nc2c1. The third-order valence-electron chi connectivity index (χ3n) is 5.75. The van der Waals surface area contributed by atoms with Gasteiger partial charge in [-0.2, -0.15) is 0 Å². The molecule has 3 aromatic carbocycles. The van der Waals surface area contributed by atoms with E-state index in [1.807, 2.05) is 84.9 Å². The predicted octanol–water partition coefficient (Wildman–Crippen LogP) is 5.71. The van der Waals surface area contributed by atoms with Gasteiger partial charge >= 0.3 is 0 Å². The van der Waals surface area contributed by atoms with Crippen LogP contribution in [0.25, 0.3) is 67.5 Å². The van der Waals surface area contributed by atoms with Crippen LogP contribution in [0.4, 0.5) is 0 Å². The number of nitrogens with zero attached hydrogens (tertiary/aromatic N) is 4. The van der Waals surface area contributed by atoms with E-state index in [9.17, 15) is 0 Å². The summed E-state index contributed by atoms with van der Waals surface area (Å²) < 4.78 is 0. The number of nitrogens with one attached hydrogen (secondary N) is 3. The zero-order valence-electron chi connectivity index (χ0n) is 17.4. The average molecular weight is 427 g/mol. The van der Waals surface area contributed by atoms with Crippen LogP contribution in [0.1, 0.15) is 0 Å². The van der Waals surface area contributed by atoms with Crippen molar-refractivity contribution in [2.24, 2.45) is 0 Å². The lowest BCUT2D eigenvalue weighted by atomic mass is 10.1. The first-order valence-electron chi connectivity index (χ1n) is 10.7. The number of para-hydroxylation sites is 6. The summed E-state index contributed by atoms with van der Waals surface area (Å²) >= 11 is 0. The van der Waals surface area contributed by atoms with Crippen molar-refractivity contribution in [3.05, 3.63) is 84.9 Å². The molecule has 3 N–H and O–H groups in total. The lowest BCUT2D eigenvalue weighted by Gasteiger charge is -2.05. The molecule has 4 aromatic heterocycles. The normalized spacial score (nSPS) is 11.6. The Hall–Kier alpha value is -4.78. The van der Waals surface area contributed by atoms with Gasteiger partial charge in [0.25, 0.3) is 0 Å². The van der Waals surface area contributed by atoms with Crippen LogP contribution >= 0.6 is 0 Å². The molecule has 7 rings (SSSR count). The molecule has 0 bridgehead atoms. The molecule has 0 aliphatic heterocycles. The Labute approximate surface area is 187 Å². The van der Waals surface area contributed by atoms with Gasteiger partial charge in [-0.25, -0.2) is 19.9 Å². The molecule has 4 heterocycles. The smallest absolute Gasteiger partial charge is 0.157 e. The number of benzene rings is 3. The fourth-order valence-corrected chi connectivity index (χ4v) is 4.15. The number of rotatable bonds is 3. The molecule has 0 saturated carbocycles. The Morgan fingerprint density at radius 3 is 1.27 bits per heavy atom. The molecule has 0 aliphatic rings. The molecular weight excluding hydrogens is 410 g/mol. The van der Waals surface area contributed by atoms with Gasteiger partial charge in [0.1, 0.15) is 17.2 Å². The average Bonchev–Trinajstić information content (AvgIpc) is 3.59. The van der Waals surface area contributed by atoms with Gasteiger partial charge in [-0.05, 0) is 48.5 Å². The first kappa shape index (κ1) is 17.9. The van der Waals surface area contributed by atoms with E-state index in [0.29, 0.717) is 11.6 Å². The van der Waals surface area contributed by atoms with Gasteiger partial charge in [-0.15, -0.1) is 0 Å². The molecule has 0 fully saturated rings. The van der Waals surface area contributed by atoms with E-state index in [0.717, 1.165) is 55.9 Å². The lowest BCUT2D eigenvalue weighted by Crippen LogP contribution is -1.94. The van der Waals surface area contributed by atoms with Gasteiger partial charge in [0.15, 0.2) is 11.6 Å². The van der Waals surface area contributed by atoms with Crippen LogP contribution in [0.5, 0.6) is 0 Å². The van der Waals surface area contributed by atoms with Crippen molar-refractivity contribution >= 4 is 33.1 Å². The molecule has 7 nitrogen and oxygen atoms in total. The van der Waals surface area contributed by atoms with Crippen molar-refractivity contribution in [3.8, 4) is 34.4 Å². The fraction of sp³-hybridized carbons (Fsp3) is 0. The highest BCUT2D eigenvalue weighted by Gasteiger charge is 2.16. The van der Waals surface area contributed by atoms with Crippen LogP contribution in [0, 0.1) is 0 Å². The standard InChI is InChI=1S/C26H17N7/c1-2-8-17-16(7-1)28-24(29-17)15-13-22(25-30-18-9-3-4-10-19(18)31-25)27-23(14-15)26-32-20-11-5-6-12-21(20)33-26/h1-14H,(H,28,29)(H,30,31)(H,32,33). The van der Waals surface area contributed by atoms with Crippen LogP contribution in [0.3, 0.4) is 0 Å². The maximum Gasteiger partial charge on any atom is 0.157 e. The molecule has 0 radical (unpaired) electrons. The number of aromatic nitrogens is 7. The third-order valence-corrected chi connectivity index (χ3v) is 5.75. The van der Waals surface area contributed by atoms with Crippen LogP contribution in [0.15, 0.2) is 84.9 Å². The van der Waals surface area contributed by atoms with Crippen molar-refractivity contribution in [2.75, 3.05) is 0 Å². The molecule has 0 amide bonds. The number of pyridine rings is 1. The van der Waals surface area contributed by atoms with E-state index in [1.54, 1.807) is 0 Å². The molecule has 0 saturated heterocycles. The highest BCUT2D eigenvalue weighted by Crippen LogP contribution is 2.30. The van der Waals surface area contributed by atoms with Crippen molar-refractivity contribution in [3.63, 3.8) is 0 Å². The van der Waals surface area contributed by atoms with E-state index >= 15 is 0 Å². The Kier molecular flexibility index (Phi) is 3.71. The third kappa shape index (κ3) is 2.98. The van der Waals surface area contributed by atoms with Gasteiger partial charge in [0.2, 0.25) is 0 Å². The predicted molar refractivity (Wildman–Crippen MR) is 130 cm³/mol. The minimum Gasteiger partial charge on any atom is -0.338 e. The number of hydrogen-bond donors (Lipinski definition) is 3. The maximum atomic E-state index is 4.91. The summed E-state index contributed by atoms with van der Waals surface area (Å²) in [5.74, 6) is 2.17. The van der Waals surface area contributed by atoms with Crippen molar-refractivity contribution in [2.45, 2.75) is 0 Å². The van der Waals surface area contributed by atoms with Crippen molar-refractivity contribution < 1.29 is 0 Å². The van der Waals surface area contributed by atoms with Crippen LogP contribution in [-0.4, -0.2) is 34.9 Å². The van der Waals surface area contributed by atoms with E-state index in [4.69, 9.17) is 19.9 Å². The largest absolute Gasteiger partial charge is 0.338 e. The van der Waals surface area contributed by atoms with Crippen LogP contribution in [-0.2, 0) is 0 Å². The number of aromatic amines is 3. The van der Waals surface area contributed by atoms with Gasteiger partial charge in [0.05, 0.1) is 33.1 Å². The fourth-order valence-electron chi connectivity index (χ4n) is 4.15. The summed E-state index contributed by atoms with van der Waals surface area (Å²) in [7, 11) is 0. The summed E-state index contributed by atoms with van der Waals surface area (Å²) in [4.78, 5) is 29.4. The van der Waals surface area contributed by atoms with Gasteiger partial charge in [-0.3, -0.25) is 0 Å². The summed E-state index contributed by atoms with van der Waals surface area (Å²) in [5.41, 5.74) is 7.98. The molecule has 0 atom stereocenters. The number of fused-ring (bicyclic) bond motifs is 3. The Balaban J connectivity index is 1.46. The van der Waals surface area contributed by atoms with E-state index in [2.05, 4.69) is 15.0 Å². The molecular formula is C26H17N7. The van der Waals surface area contributed by atoms with Crippen molar-refractivity contribution in [1.29, 1.82) is 0 Å². The second kappa shape index (κ2) is 6.86. The van der Waals surface area contributed by atoms with Gasteiger partial charge in [0, 0.05) is 5.56 Å². The second-order valence-electron chi connectivity index (χ2n) is 7.93. The molecule has 0 aliphatic carbocycles. The molecule has 0 unspecified atom stereocenters. The highest BCUT2D eigenvalue weighted by atomic mass is 15.0. The Bertz CT molecular complexity index is 1470. The highest BCUT2D eigenvalue weighted by molar-refractivity contribution is 5.84. The summed E-state index contributed by atoms with van der Waals surface area (Å²) in [6, 6.07) is 27.9. The molecule has 156 valence electrons. The first-order chi connectivity index (χ1) is 16.3. The Morgan fingerprint density at radius 2 is 0.818 bits per heavy atom. The monoisotopic (exact) mass is 427 g/mol. The minimum absolute atomic E-state index is 0.700. The molecule has 33 heavy (non-hydrogen) atoms. The topological polar surface area (TPSA) is 98.9 Å². The zero-order valence-corrected chi connectivity index (χ0v) is 17.4. The van der Waals surface area contributed by atoms with E-state index in [1.165, 1.54) is 0 Å². The van der Waals surface area contributed by atoms with Crippen LogP contribution < -0.4 is 0 Å². The van der Waals surface area contributed by atoms with Crippen molar-refractivity contribution in [1.82, 2.24) is 34.9 Å². The molecule has 0 spiro atoms. The summed E-state index contributed by atoms with van der Waals surface area (Å²) in [5, 5.41) is 0. The Morgan fingerprint density at radius 1 is 0.424 bits per heavy atom. The maximum absolute atomic E-state index is 4.91. The number of H-pyrrole nitrogens is 3. The first-order valence-corrected chi connectivity index (χ1v) is 10.7. The van der Waals surface area contributed by atoms with Gasteiger partial charge < -0.3 is 15.0 Å². The second-order valence-corrected chi connectivity index (χ2v) is 7.93. The van der Waals surface area contributed by atoms with E-state index in [-0.39, 0.29) is 0 Å². The quantitative estimate of drug-likeness (QED) is 0.336. The number of imidazole rings is 3. The lowest BCUT2D eigenvalue weighted by molar-refractivity contribution is 1.20.